The number of aryl methyl sites for hydroxylation is 1. The van der Waals surface area contributed by atoms with Crippen LogP contribution in [0.2, 0.25) is 0 Å². The number of hydrogen-bond acceptors (Lipinski definition) is 1. The molecule has 0 amide bonds. The second kappa shape index (κ2) is 5.66. The van der Waals surface area contributed by atoms with Crippen LogP contribution in [0.3, 0.4) is 0 Å². The molecule has 2 saturated carbocycles. The summed E-state index contributed by atoms with van der Waals surface area (Å²) in [6.07, 6.45) is 8.82. The largest absolute Gasteiger partial charge is 0.388 e. The first kappa shape index (κ1) is 13.2. The van der Waals surface area contributed by atoms with E-state index in [2.05, 4.69) is 31.2 Å². The first-order valence-corrected chi connectivity index (χ1v) is 8.05. The van der Waals surface area contributed by atoms with Crippen LogP contribution in [0.4, 0.5) is 0 Å². The van der Waals surface area contributed by atoms with Gasteiger partial charge in [-0.3, -0.25) is 0 Å². The first-order chi connectivity index (χ1) is 9.28. The average Bonchev–Trinajstić information content (AvgIpc) is 3.07. The van der Waals surface area contributed by atoms with Crippen LogP contribution in [0.1, 0.15) is 62.7 Å². The Bertz CT molecular complexity index is 408. The van der Waals surface area contributed by atoms with Crippen molar-refractivity contribution in [2.45, 2.75) is 58.0 Å². The maximum absolute atomic E-state index is 10.6. The molecule has 1 N–H and O–H groups in total. The van der Waals surface area contributed by atoms with Crippen molar-refractivity contribution in [3.05, 3.63) is 35.4 Å². The van der Waals surface area contributed by atoms with Gasteiger partial charge in [0, 0.05) is 0 Å². The van der Waals surface area contributed by atoms with Crippen LogP contribution in [0.15, 0.2) is 24.3 Å². The summed E-state index contributed by atoms with van der Waals surface area (Å²) in [6.45, 7) is 2.23. The number of hydrogen-bond donors (Lipinski definition) is 1. The second-order valence-electron chi connectivity index (χ2n) is 6.63. The molecule has 1 nitrogen and oxygen atoms in total. The Labute approximate surface area is 117 Å². The summed E-state index contributed by atoms with van der Waals surface area (Å²) >= 11 is 0. The molecule has 4 unspecified atom stereocenters. The molecule has 2 aliphatic carbocycles. The molecule has 1 aromatic carbocycles. The predicted octanol–water partition coefficient (Wildman–Crippen LogP) is 4.50. The molecule has 1 heteroatoms. The molecule has 0 aromatic heterocycles. The highest BCUT2D eigenvalue weighted by molar-refractivity contribution is 5.25. The van der Waals surface area contributed by atoms with Crippen molar-refractivity contribution < 1.29 is 5.11 Å². The number of fused-ring (bicyclic) bond motifs is 2. The van der Waals surface area contributed by atoms with Crippen molar-refractivity contribution in [2.24, 2.45) is 17.8 Å². The summed E-state index contributed by atoms with van der Waals surface area (Å²) in [7, 11) is 0. The first-order valence-electron chi connectivity index (χ1n) is 8.05. The van der Waals surface area contributed by atoms with Gasteiger partial charge in [0.2, 0.25) is 0 Å². The Kier molecular flexibility index (Phi) is 3.93. The van der Waals surface area contributed by atoms with Crippen LogP contribution in [0, 0.1) is 17.8 Å². The maximum Gasteiger partial charge on any atom is 0.0820 e. The van der Waals surface area contributed by atoms with Crippen LogP contribution >= 0.6 is 0 Å². The Morgan fingerprint density at radius 2 is 1.95 bits per heavy atom. The molecule has 0 spiro atoms. The van der Waals surface area contributed by atoms with Crippen molar-refractivity contribution in [1.82, 2.24) is 0 Å². The van der Waals surface area contributed by atoms with Crippen molar-refractivity contribution in [3.8, 4) is 0 Å². The molecule has 0 aliphatic heterocycles. The van der Waals surface area contributed by atoms with Gasteiger partial charge >= 0.3 is 0 Å². The molecule has 19 heavy (non-hydrogen) atoms. The summed E-state index contributed by atoms with van der Waals surface area (Å²) < 4.78 is 0. The summed E-state index contributed by atoms with van der Waals surface area (Å²) in [5.74, 6) is 2.23. The quantitative estimate of drug-likeness (QED) is 0.824. The van der Waals surface area contributed by atoms with E-state index in [1.807, 2.05) is 0 Å². The SMILES string of the molecule is CCCCc1ccc(C(O)C2CC3CCC2C3)cc1. The molecule has 2 aliphatic rings. The minimum absolute atomic E-state index is 0.226. The van der Waals surface area contributed by atoms with Gasteiger partial charge in [0.05, 0.1) is 6.10 Å². The molecule has 2 bridgehead atoms. The van der Waals surface area contributed by atoms with Crippen LogP contribution in [-0.4, -0.2) is 5.11 Å². The smallest absolute Gasteiger partial charge is 0.0820 e. The van der Waals surface area contributed by atoms with E-state index in [1.54, 1.807) is 0 Å². The molecule has 1 aromatic rings. The summed E-state index contributed by atoms with van der Waals surface area (Å²) in [5.41, 5.74) is 2.54. The van der Waals surface area contributed by atoms with Gasteiger partial charge < -0.3 is 5.11 Å². The van der Waals surface area contributed by atoms with Gasteiger partial charge in [-0.25, -0.2) is 0 Å². The highest BCUT2D eigenvalue weighted by Crippen LogP contribution is 2.52. The molecule has 2 fully saturated rings. The van der Waals surface area contributed by atoms with E-state index in [1.165, 1.54) is 50.5 Å². The van der Waals surface area contributed by atoms with Crippen molar-refractivity contribution in [2.75, 3.05) is 0 Å². The third kappa shape index (κ3) is 2.72. The lowest BCUT2D eigenvalue weighted by molar-refractivity contribution is 0.0745. The fraction of sp³-hybridized carbons (Fsp3) is 0.667. The summed E-state index contributed by atoms with van der Waals surface area (Å²) in [6, 6.07) is 8.73. The lowest BCUT2D eigenvalue weighted by Gasteiger charge is -2.27. The number of aliphatic hydroxyl groups excluding tert-OH is 1. The van der Waals surface area contributed by atoms with Crippen LogP contribution in [-0.2, 0) is 6.42 Å². The second-order valence-corrected chi connectivity index (χ2v) is 6.63. The van der Waals surface area contributed by atoms with E-state index in [-0.39, 0.29) is 6.10 Å². The van der Waals surface area contributed by atoms with E-state index in [0.29, 0.717) is 5.92 Å². The van der Waals surface area contributed by atoms with Gasteiger partial charge in [-0.1, -0.05) is 44.0 Å². The highest BCUT2D eigenvalue weighted by Gasteiger charge is 2.42. The standard InChI is InChI=1S/C18H26O/c1-2-3-4-13-5-8-15(9-6-13)18(19)17-12-14-7-10-16(17)11-14/h5-6,8-9,14,16-19H,2-4,7,10-12H2,1H3. The van der Waals surface area contributed by atoms with Crippen molar-refractivity contribution in [3.63, 3.8) is 0 Å². The van der Waals surface area contributed by atoms with Crippen molar-refractivity contribution >= 4 is 0 Å². The number of benzene rings is 1. The summed E-state index contributed by atoms with van der Waals surface area (Å²) in [5, 5.41) is 10.6. The molecule has 0 heterocycles. The van der Waals surface area contributed by atoms with E-state index < -0.39 is 0 Å². The van der Waals surface area contributed by atoms with E-state index >= 15 is 0 Å². The lowest BCUT2D eigenvalue weighted by Crippen LogP contribution is -2.19. The zero-order valence-electron chi connectivity index (χ0n) is 12.0. The van der Waals surface area contributed by atoms with Gasteiger partial charge in [-0.05, 0) is 61.0 Å². The van der Waals surface area contributed by atoms with Gasteiger partial charge in [-0.15, -0.1) is 0 Å². The van der Waals surface area contributed by atoms with Crippen LogP contribution in [0.25, 0.3) is 0 Å². The zero-order valence-corrected chi connectivity index (χ0v) is 12.0. The number of rotatable bonds is 5. The molecule has 4 atom stereocenters. The Morgan fingerprint density at radius 3 is 2.53 bits per heavy atom. The van der Waals surface area contributed by atoms with Gasteiger partial charge in [0.15, 0.2) is 0 Å². The normalized spacial score (nSPS) is 30.7. The number of aliphatic hydroxyl groups is 1. The molecular weight excluding hydrogens is 232 g/mol. The summed E-state index contributed by atoms with van der Waals surface area (Å²) in [4.78, 5) is 0. The van der Waals surface area contributed by atoms with Crippen molar-refractivity contribution in [1.29, 1.82) is 0 Å². The fourth-order valence-electron chi connectivity index (χ4n) is 4.19. The monoisotopic (exact) mass is 258 g/mol. The minimum Gasteiger partial charge on any atom is -0.388 e. The topological polar surface area (TPSA) is 20.2 Å². The molecule has 3 rings (SSSR count). The Hall–Kier alpha value is -0.820. The zero-order chi connectivity index (χ0) is 13.2. The van der Waals surface area contributed by atoms with E-state index in [9.17, 15) is 5.11 Å². The fourth-order valence-corrected chi connectivity index (χ4v) is 4.19. The Balaban J connectivity index is 1.65. The maximum atomic E-state index is 10.6. The lowest BCUT2D eigenvalue weighted by atomic mass is 9.82. The molecular formula is C18H26O. The van der Waals surface area contributed by atoms with Gasteiger partial charge in [-0.2, -0.15) is 0 Å². The predicted molar refractivity (Wildman–Crippen MR) is 79.0 cm³/mol. The van der Waals surface area contributed by atoms with Crippen LogP contribution < -0.4 is 0 Å². The third-order valence-electron chi connectivity index (χ3n) is 5.34. The minimum atomic E-state index is -0.226. The van der Waals surface area contributed by atoms with E-state index in [4.69, 9.17) is 0 Å². The third-order valence-corrected chi connectivity index (χ3v) is 5.34. The van der Waals surface area contributed by atoms with Gasteiger partial charge in [0.1, 0.15) is 0 Å². The molecule has 0 radical (unpaired) electrons. The van der Waals surface area contributed by atoms with Crippen LogP contribution in [0.5, 0.6) is 0 Å². The Morgan fingerprint density at radius 1 is 1.16 bits per heavy atom. The van der Waals surface area contributed by atoms with E-state index in [0.717, 1.165) is 17.4 Å². The number of unbranched alkanes of at least 4 members (excludes halogenated alkanes) is 1. The molecule has 104 valence electrons. The average molecular weight is 258 g/mol. The highest BCUT2D eigenvalue weighted by atomic mass is 16.3. The van der Waals surface area contributed by atoms with Gasteiger partial charge in [0.25, 0.3) is 0 Å². The molecule has 0 saturated heterocycles.